The summed E-state index contributed by atoms with van der Waals surface area (Å²) < 4.78 is 33.6. The van der Waals surface area contributed by atoms with E-state index in [9.17, 15) is 18.4 Å². The average Bonchev–Trinajstić information content (AvgIpc) is 2.37. The lowest BCUT2D eigenvalue weighted by Crippen LogP contribution is -2.15. The largest absolute Gasteiger partial charge is 0.493 e. The zero-order valence-electron chi connectivity index (χ0n) is 11.0. The van der Waals surface area contributed by atoms with Crippen LogP contribution in [0.25, 0.3) is 0 Å². The van der Waals surface area contributed by atoms with Crippen LogP contribution in [0, 0.1) is 0 Å². The van der Waals surface area contributed by atoms with E-state index in [-0.39, 0.29) is 28.7 Å². The second-order valence-corrected chi connectivity index (χ2v) is 4.66. The second-order valence-electron chi connectivity index (χ2n) is 3.68. The topological polar surface area (TPSA) is 84.9 Å². The number of halogens is 2. The van der Waals surface area contributed by atoms with Gasteiger partial charge < -0.3 is 19.9 Å². The molecule has 21 heavy (non-hydrogen) atoms. The van der Waals surface area contributed by atoms with Crippen molar-refractivity contribution in [2.45, 2.75) is 6.61 Å². The summed E-state index contributed by atoms with van der Waals surface area (Å²) >= 11 is 0.924. The molecular formula is C12H13F2NO5S. The lowest BCUT2D eigenvalue weighted by atomic mass is 10.2. The molecule has 6 nitrogen and oxygen atoms in total. The van der Waals surface area contributed by atoms with Crippen LogP contribution in [-0.2, 0) is 9.59 Å². The predicted molar refractivity (Wildman–Crippen MR) is 73.2 cm³/mol. The molecule has 0 unspecified atom stereocenters. The Hall–Kier alpha value is -2.03. The van der Waals surface area contributed by atoms with Gasteiger partial charge in [-0.05, 0) is 12.1 Å². The van der Waals surface area contributed by atoms with Gasteiger partial charge in [0.05, 0.1) is 18.6 Å². The monoisotopic (exact) mass is 321 g/mol. The third-order valence-electron chi connectivity index (χ3n) is 2.12. The van der Waals surface area contributed by atoms with Gasteiger partial charge in [0.2, 0.25) is 5.91 Å². The molecule has 0 bridgehead atoms. The van der Waals surface area contributed by atoms with E-state index >= 15 is 0 Å². The van der Waals surface area contributed by atoms with E-state index in [0.29, 0.717) is 0 Å². The van der Waals surface area contributed by atoms with Gasteiger partial charge in [-0.15, -0.1) is 11.8 Å². The van der Waals surface area contributed by atoms with Gasteiger partial charge in [0, 0.05) is 11.8 Å². The molecular weight excluding hydrogens is 308 g/mol. The highest BCUT2D eigenvalue weighted by molar-refractivity contribution is 8.00. The first-order chi connectivity index (χ1) is 9.92. The van der Waals surface area contributed by atoms with E-state index in [1.807, 2.05) is 0 Å². The van der Waals surface area contributed by atoms with Crippen LogP contribution in [0.1, 0.15) is 0 Å². The van der Waals surface area contributed by atoms with Crippen LogP contribution >= 0.6 is 11.8 Å². The highest BCUT2D eigenvalue weighted by Crippen LogP contribution is 2.31. The van der Waals surface area contributed by atoms with Crippen molar-refractivity contribution in [3.63, 3.8) is 0 Å². The number of nitrogens with one attached hydrogen (secondary N) is 1. The summed E-state index contributed by atoms with van der Waals surface area (Å²) in [4.78, 5) is 21.8. The summed E-state index contributed by atoms with van der Waals surface area (Å²) in [5.74, 6) is -1.84. The molecule has 1 aromatic carbocycles. The minimum absolute atomic E-state index is 0.0661. The van der Waals surface area contributed by atoms with Crippen LogP contribution in [0.4, 0.5) is 14.5 Å². The summed E-state index contributed by atoms with van der Waals surface area (Å²) in [6.45, 7) is -3.02. The van der Waals surface area contributed by atoms with Crippen molar-refractivity contribution in [1.82, 2.24) is 0 Å². The van der Waals surface area contributed by atoms with Crippen molar-refractivity contribution in [1.29, 1.82) is 0 Å². The second kappa shape index (κ2) is 8.30. The zero-order chi connectivity index (χ0) is 15.8. The number of carbonyl (C=O) groups excluding carboxylic acids is 1. The molecule has 0 aliphatic rings. The standard InChI is InChI=1S/C12H13F2NO5S/c1-19-8-3-2-7(4-9(8)20-12(13)14)15-10(16)5-21-6-11(17)18/h2-4,12H,5-6H2,1H3,(H,15,16)(H,17,18). The third kappa shape index (κ3) is 6.30. The highest BCUT2D eigenvalue weighted by Gasteiger charge is 2.12. The van der Waals surface area contributed by atoms with Crippen LogP contribution in [0.5, 0.6) is 11.5 Å². The Bertz CT molecular complexity index is 512. The van der Waals surface area contributed by atoms with Crippen LogP contribution < -0.4 is 14.8 Å². The Morgan fingerprint density at radius 2 is 2.05 bits per heavy atom. The van der Waals surface area contributed by atoms with Gasteiger partial charge >= 0.3 is 12.6 Å². The van der Waals surface area contributed by atoms with E-state index in [4.69, 9.17) is 9.84 Å². The molecule has 0 aromatic heterocycles. The molecule has 0 atom stereocenters. The Labute approximate surface area is 123 Å². The minimum Gasteiger partial charge on any atom is -0.493 e. The number of carboxylic acid groups (broad SMARTS) is 1. The first-order valence-corrected chi connectivity index (χ1v) is 6.80. The molecule has 9 heteroatoms. The number of alkyl halides is 2. The molecule has 0 aliphatic carbocycles. The predicted octanol–water partition coefficient (Wildman–Crippen LogP) is 2.05. The van der Waals surface area contributed by atoms with Crippen molar-refractivity contribution < 1.29 is 33.0 Å². The maximum Gasteiger partial charge on any atom is 0.387 e. The molecule has 1 aromatic rings. The number of anilines is 1. The Morgan fingerprint density at radius 1 is 1.33 bits per heavy atom. The number of benzene rings is 1. The van der Waals surface area contributed by atoms with Gasteiger partial charge in [0.15, 0.2) is 11.5 Å². The van der Waals surface area contributed by atoms with Crippen molar-refractivity contribution in [2.75, 3.05) is 23.9 Å². The van der Waals surface area contributed by atoms with Crippen LogP contribution in [0.15, 0.2) is 18.2 Å². The molecule has 1 rings (SSSR count). The average molecular weight is 321 g/mol. The molecule has 0 aliphatic heterocycles. The smallest absolute Gasteiger partial charge is 0.387 e. The van der Waals surface area contributed by atoms with E-state index < -0.39 is 18.5 Å². The van der Waals surface area contributed by atoms with Gasteiger partial charge in [0.25, 0.3) is 0 Å². The number of carbonyl (C=O) groups is 2. The number of thioether (sulfide) groups is 1. The van der Waals surface area contributed by atoms with E-state index in [2.05, 4.69) is 10.1 Å². The minimum atomic E-state index is -3.02. The summed E-state index contributed by atoms with van der Waals surface area (Å²) in [5, 5.41) is 10.9. The quantitative estimate of drug-likeness (QED) is 0.762. The van der Waals surface area contributed by atoms with Gasteiger partial charge in [0.1, 0.15) is 0 Å². The van der Waals surface area contributed by atoms with Crippen molar-refractivity contribution in [2.24, 2.45) is 0 Å². The molecule has 0 radical (unpaired) electrons. The fraction of sp³-hybridized carbons (Fsp3) is 0.333. The van der Waals surface area contributed by atoms with Crippen LogP contribution in [0.3, 0.4) is 0 Å². The molecule has 0 heterocycles. The Morgan fingerprint density at radius 3 is 2.62 bits per heavy atom. The van der Waals surface area contributed by atoms with Gasteiger partial charge in [-0.1, -0.05) is 0 Å². The fourth-order valence-corrected chi connectivity index (χ4v) is 1.90. The number of ether oxygens (including phenoxy) is 2. The zero-order valence-corrected chi connectivity index (χ0v) is 11.8. The number of hydrogen-bond donors (Lipinski definition) is 2. The van der Waals surface area contributed by atoms with Crippen LogP contribution in [0.2, 0.25) is 0 Å². The van der Waals surface area contributed by atoms with Crippen molar-refractivity contribution >= 4 is 29.3 Å². The van der Waals surface area contributed by atoms with Gasteiger partial charge in [-0.3, -0.25) is 9.59 Å². The van der Waals surface area contributed by atoms with E-state index in [0.717, 1.165) is 11.8 Å². The fourth-order valence-electron chi connectivity index (χ4n) is 1.37. The summed E-state index contributed by atoms with van der Waals surface area (Å²) in [7, 11) is 1.30. The Kier molecular flexibility index (Phi) is 6.73. The van der Waals surface area contributed by atoms with Gasteiger partial charge in [-0.2, -0.15) is 8.78 Å². The highest BCUT2D eigenvalue weighted by atomic mass is 32.2. The lowest BCUT2D eigenvalue weighted by molar-refractivity contribution is -0.133. The summed E-state index contributed by atoms with van der Waals surface area (Å²) in [6.07, 6.45) is 0. The van der Waals surface area contributed by atoms with Crippen LogP contribution in [-0.4, -0.2) is 42.2 Å². The Balaban J connectivity index is 2.66. The third-order valence-corrected chi connectivity index (χ3v) is 3.04. The number of rotatable bonds is 8. The molecule has 0 fully saturated rings. The number of amides is 1. The first kappa shape index (κ1) is 17.0. The number of hydrogen-bond acceptors (Lipinski definition) is 5. The lowest BCUT2D eigenvalue weighted by Gasteiger charge is -2.12. The van der Waals surface area contributed by atoms with Crippen molar-refractivity contribution in [3.05, 3.63) is 18.2 Å². The number of aliphatic carboxylic acids is 1. The molecule has 0 spiro atoms. The molecule has 1 amide bonds. The normalized spacial score (nSPS) is 10.3. The van der Waals surface area contributed by atoms with E-state index in [1.54, 1.807) is 0 Å². The molecule has 116 valence electrons. The number of carboxylic acids is 1. The number of methoxy groups -OCH3 is 1. The summed E-state index contributed by atoms with van der Waals surface area (Å²) in [6, 6.07) is 4.03. The maximum atomic E-state index is 12.2. The summed E-state index contributed by atoms with van der Waals surface area (Å²) in [5.41, 5.74) is 0.243. The van der Waals surface area contributed by atoms with Crippen molar-refractivity contribution in [3.8, 4) is 11.5 Å². The maximum absolute atomic E-state index is 12.2. The molecule has 2 N–H and O–H groups in total. The SMILES string of the molecule is COc1ccc(NC(=O)CSCC(=O)O)cc1OC(F)F. The molecule has 0 saturated heterocycles. The molecule has 0 saturated carbocycles. The van der Waals surface area contributed by atoms with Gasteiger partial charge in [-0.25, -0.2) is 0 Å². The first-order valence-electron chi connectivity index (χ1n) is 5.64. The van der Waals surface area contributed by atoms with E-state index in [1.165, 1.54) is 25.3 Å².